The molecule has 0 radical (unpaired) electrons. The molecule has 0 aliphatic heterocycles. The number of sulfonamides is 1. The highest BCUT2D eigenvalue weighted by atomic mass is 35.5. The SMILES string of the molecule is CCS(=O)(=O)NCCNC(=O)NC1CC1c1ccccc1Cl. The van der Waals surface area contributed by atoms with Crippen molar-refractivity contribution in [3.8, 4) is 0 Å². The standard InChI is InChI=1S/C14H20ClN3O3S/c1-2-22(20,21)17-8-7-16-14(19)18-13-9-11(13)10-5-3-4-6-12(10)15/h3-6,11,13,17H,2,7-9H2,1H3,(H2,16,18,19). The first-order valence-corrected chi connectivity index (χ1v) is 9.22. The zero-order valence-electron chi connectivity index (χ0n) is 12.3. The van der Waals surface area contributed by atoms with Crippen LogP contribution in [-0.2, 0) is 10.0 Å². The molecule has 122 valence electrons. The fourth-order valence-corrected chi connectivity index (χ4v) is 3.07. The average Bonchev–Trinajstić information content (AvgIpc) is 3.23. The van der Waals surface area contributed by atoms with Crippen molar-refractivity contribution in [2.75, 3.05) is 18.8 Å². The second kappa shape index (κ2) is 7.30. The van der Waals surface area contributed by atoms with Crippen LogP contribution in [0.4, 0.5) is 4.79 Å². The summed E-state index contributed by atoms with van der Waals surface area (Å²) in [5.74, 6) is 0.277. The molecule has 1 aliphatic rings. The number of carbonyl (C=O) groups excluding carboxylic acids is 1. The fourth-order valence-electron chi connectivity index (χ4n) is 2.18. The Labute approximate surface area is 135 Å². The summed E-state index contributed by atoms with van der Waals surface area (Å²) in [6.45, 7) is 1.99. The van der Waals surface area contributed by atoms with Crippen LogP contribution in [0.3, 0.4) is 0 Å². The van der Waals surface area contributed by atoms with Gasteiger partial charge in [-0.1, -0.05) is 29.8 Å². The number of halogens is 1. The van der Waals surface area contributed by atoms with Crippen LogP contribution in [-0.4, -0.2) is 39.3 Å². The van der Waals surface area contributed by atoms with E-state index in [1.54, 1.807) is 6.92 Å². The molecule has 0 aromatic heterocycles. The maximum absolute atomic E-state index is 11.7. The summed E-state index contributed by atoms with van der Waals surface area (Å²) in [6, 6.07) is 7.39. The first kappa shape index (κ1) is 17.1. The lowest BCUT2D eigenvalue weighted by molar-refractivity contribution is 0.240. The van der Waals surface area contributed by atoms with Gasteiger partial charge in [-0.2, -0.15) is 0 Å². The molecule has 1 aromatic rings. The van der Waals surface area contributed by atoms with Crippen LogP contribution >= 0.6 is 11.6 Å². The molecule has 2 atom stereocenters. The summed E-state index contributed by atoms with van der Waals surface area (Å²) in [5.41, 5.74) is 1.05. The number of amides is 2. The zero-order chi connectivity index (χ0) is 16.2. The molecule has 0 saturated heterocycles. The number of nitrogens with one attached hydrogen (secondary N) is 3. The Morgan fingerprint density at radius 3 is 2.73 bits per heavy atom. The average molecular weight is 346 g/mol. The van der Waals surface area contributed by atoms with Gasteiger partial charge in [0.25, 0.3) is 0 Å². The van der Waals surface area contributed by atoms with Gasteiger partial charge < -0.3 is 10.6 Å². The quantitative estimate of drug-likeness (QED) is 0.653. The van der Waals surface area contributed by atoms with Crippen molar-refractivity contribution in [1.82, 2.24) is 15.4 Å². The Balaban J connectivity index is 1.68. The van der Waals surface area contributed by atoms with Crippen molar-refractivity contribution >= 4 is 27.7 Å². The molecule has 3 N–H and O–H groups in total. The Morgan fingerprint density at radius 2 is 2.05 bits per heavy atom. The molecule has 22 heavy (non-hydrogen) atoms. The van der Waals surface area contributed by atoms with Crippen LogP contribution in [0.1, 0.15) is 24.8 Å². The Morgan fingerprint density at radius 1 is 1.32 bits per heavy atom. The van der Waals surface area contributed by atoms with Crippen LogP contribution in [0.15, 0.2) is 24.3 Å². The lowest BCUT2D eigenvalue weighted by Gasteiger charge is -2.09. The number of hydrogen-bond acceptors (Lipinski definition) is 3. The Hall–Kier alpha value is -1.31. The van der Waals surface area contributed by atoms with E-state index in [0.717, 1.165) is 12.0 Å². The van der Waals surface area contributed by atoms with Crippen molar-refractivity contribution in [2.45, 2.75) is 25.3 Å². The molecule has 6 nitrogen and oxygen atoms in total. The van der Waals surface area contributed by atoms with Gasteiger partial charge in [0, 0.05) is 30.1 Å². The van der Waals surface area contributed by atoms with Crippen molar-refractivity contribution < 1.29 is 13.2 Å². The molecule has 1 aromatic carbocycles. The number of benzene rings is 1. The summed E-state index contributed by atoms with van der Waals surface area (Å²) in [7, 11) is -3.21. The minimum absolute atomic E-state index is 0.0286. The number of urea groups is 1. The molecule has 0 bridgehead atoms. The molecule has 2 unspecified atom stereocenters. The largest absolute Gasteiger partial charge is 0.337 e. The van der Waals surface area contributed by atoms with Crippen molar-refractivity contribution in [3.05, 3.63) is 34.9 Å². The molecule has 1 aliphatic carbocycles. The van der Waals surface area contributed by atoms with Gasteiger partial charge in [0.2, 0.25) is 10.0 Å². The molecule has 1 fully saturated rings. The molecule has 0 heterocycles. The molecular formula is C14H20ClN3O3S. The third-order valence-corrected chi connectivity index (χ3v) is 5.27. The minimum Gasteiger partial charge on any atom is -0.337 e. The first-order chi connectivity index (χ1) is 10.4. The summed E-state index contributed by atoms with van der Waals surface area (Å²) in [5, 5.41) is 6.20. The van der Waals surface area contributed by atoms with E-state index >= 15 is 0 Å². The Bertz CT molecular complexity index is 636. The number of carbonyl (C=O) groups is 1. The normalized spacial score (nSPS) is 20.5. The molecule has 2 rings (SSSR count). The lowest BCUT2D eigenvalue weighted by Crippen LogP contribution is -2.41. The van der Waals surface area contributed by atoms with E-state index in [0.29, 0.717) is 5.02 Å². The molecule has 8 heteroatoms. The molecule has 2 amide bonds. The van der Waals surface area contributed by atoms with Gasteiger partial charge in [0.1, 0.15) is 0 Å². The van der Waals surface area contributed by atoms with Gasteiger partial charge >= 0.3 is 6.03 Å². The predicted octanol–water partition coefficient (Wildman–Crippen LogP) is 1.43. The number of rotatable bonds is 7. The fraction of sp³-hybridized carbons (Fsp3) is 0.500. The second-order valence-electron chi connectivity index (χ2n) is 5.17. The van der Waals surface area contributed by atoms with Gasteiger partial charge in [-0.25, -0.2) is 17.9 Å². The lowest BCUT2D eigenvalue weighted by atomic mass is 10.1. The molecular weight excluding hydrogens is 326 g/mol. The van der Waals surface area contributed by atoms with Crippen LogP contribution in [0, 0.1) is 0 Å². The van der Waals surface area contributed by atoms with E-state index in [9.17, 15) is 13.2 Å². The third kappa shape index (κ3) is 4.86. The topological polar surface area (TPSA) is 87.3 Å². The first-order valence-electron chi connectivity index (χ1n) is 7.19. The molecule has 0 spiro atoms. The predicted molar refractivity (Wildman–Crippen MR) is 86.6 cm³/mol. The van der Waals surface area contributed by atoms with Crippen LogP contribution in [0.2, 0.25) is 5.02 Å². The van der Waals surface area contributed by atoms with Gasteiger partial charge in [0.15, 0.2) is 0 Å². The van der Waals surface area contributed by atoms with Gasteiger partial charge in [-0.3, -0.25) is 0 Å². The smallest absolute Gasteiger partial charge is 0.315 e. The number of hydrogen-bond donors (Lipinski definition) is 3. The highest BCUT2D eigenvalue weighted by Crippen LogP contribution is 2.43. The van der Waals surface area contributed by atoms with Crippen molar-refractivity contribution in [2.24, 2.45) is 0 Å². The minimum atomic E-state index is -3.21. The van der Waals surface area contributed by atoms with Crippen molar-refractivity contribution in [1.29, 1.82) is 0 Å². The van der Waals surface area contributed by atoms with Crippen LogP contribution < -0.4 is 15.4 Å². The van der Waals surface area contributed by atoms with Crippen molar-refractivity contribution in [3.63, 3.8) is 0 Å². The summed E-state index contributed by atoms with van der Waals surface area (Å²) in [6.07, 6.45) is 0.861. The van der Waals surface area contributed by atoms with E-state index in [4.69, 9.17) is 11.6 Å². The second-order valence-corrected chi connectivity index (χ2v) is 7.67. The highest BCUT2D eigenvalue weighted by molar-refractivity contribution is 7.89. The summed E-state index contributed by atoms with van der Waals surface area (Å²) >= 11 is 6.13. The van der Waals surface area contributed by atoms with Gasteiger partial charge in [0.05, 0.1) is 5.75 Å². The van der Waals surface area contributed by atoms with Crippen LogP contribution in [0.5, 0.6) is 0 Å². The van der Waals surface area contributed by atoms with E-state index in [2.05, 4.69) is 15.4 Å². The van der Waals surface area contributed by atoms with E-state index in [-0.39, 0.29) is 36.8 Å². The van der Waals surface area contributed by atoms with E-state index in [1.165, 1.54) is 0 Å². The van der Waals surface area contributed by atoms with Crippen LogP contribution in [0.25, 0.3) is 0 Å². The maximum atomic E-state index is 11.7. The maximum Gasteiger partial charge on any atom is 0.315 e. The summed E-state index contributed by atoms with van der Waals surface area (Å²) < 4.78 is 24.8. The monoisotopic (exact) mass is 345 g/mol. The third-order valence-electron chi connectivity index (χ3n) is 3.52. The van der Waals surface area contributed by atoms with E-state index in [1.807, 2.05) is 24.3 Å². The molecule has 1 saturated carbocycles. The van der Waals surface area contributed by atoms with Gasteiger partial charge in [-0.05, 0) is 25.0 Å². The Kier molecular flexibility index (Phi) is 5.66. The van der Waals surface area contributed by atoms with Gasteiger partial charge in [-0.15, -0.1) is 0 Å². The van der Waals surface area contributed by atoms with E-state index < -0.39 is 10.0 Å². The summed E-state index contributed by atoms with van der Waals surface area (Å²) in [4.78, 5) is 11.7. The highest BCUT2D eigenvalue weighted by Gasteiger charge is 2.40. The zero-order valence-corrected chi connectivity index (χ0v) is 13.9.